The molecule has 3 heteroatoms. The van der Waals surface area contributed by atoms with E-state index in [0.717, 1.165) is 17.1 Å². The number of ether oxygens (including phenoxy) is 1. The van der Waals surface area contributed by atoms with Crippen LogP contribution in [0.4, 0.5) is 0 Å². The predicted octanol–water partition coefficient (Wildman–Crippen LogP) is 3.08. The van der Waals surface area contributed by atoms with Gasteiger partial charge in [0.25, 0.3) is 0 Å². The summed E-state index contributed by atoms with van der Waals surface area (Å²) in [5.41, 5.74) is 2.46. The molecular formula is C14H15OPS. The molecule has 1 atom stereocenters. The summed E-state index contributed by atoms with van der Waals surface area (Å²) >= 11 is 4.48. The van der Waals surface area contributed by atoms with Crippen LogP contribution < -0.4 is 10.0 Å². The number of methoxy groups -OCH3 is 1. The van der Waals surface area contributed by atoms with Gasteiger partial charge < -0.3 is 4.74 Å². The molecule has 0 bridgehead atoms. The fraction of sp³-hybridized carbons (Fsp3) is 0.143. The van der Waals surface area contributed by atoms with Gasteiger partial charge in [-0.15, -0.1) is 21.9 Å². The first-order chi connectivity index (χ1) is 8.19. The van der Waals surface area contributed by atoms with Crippen LogP contribution in [0.25, 0.3) is 0 Å². The van der Waals surface area contributed by atoms with Crippen LogP contribution in [0, 0.1) is 0 Å². The van der Waals surface area contributed by atoms with E-state index in [1.807, 2.05) is 24.3 Å². The van der Waals surface area contributed by atoms with Crippen molar-refractivity contribution in [3.63, 3.8) is 0 Å². The van der Waals surface area contributed by atoms with Gasteiger partial charge in [-0.1, -0.05) is 24.3 Å². The van der Waals surface area contributed by atoms with Crippen molar-refractivity contribution < 1.29 is 4.74 Å². The van der Waals surface area contributed by atoms with Crippen LogP contribution in [0.5, 0.6) is 5.75 Å². The van der Waals surface area contributed by atoms with Gasteiger partial charge in [0.2, 0.25) is 0 Å². The van der Waals surface area contributed by atoms with Crippen LogP contribution in [-0.4, -0.2) is 7.11 Å². The Balaban J connectivity index is 2.27. The van der Waals surface area contributed by atoms with Crippen molar-refractivity contribution in [2.45, 2.75) is 11.3 Å². The number of benzene rings is 2. The van der Waals surface area contributed by atoms with E-state index in [1.165, 1.54) is 16.4 Å². The van der Waals surface area contributed by atoms with Gasteiger partial charge in [-0.2, -0.15) is 0 Å². The van der Waals surface area contributed by atoms with Gasteiger partial charge in [-0.3, -0.25) is 0 Å². The maximum absolute atomic E-state index is 5.22. The highest BCUT2D eigenvalue weighted by Gasteiger charge is 2.02. The molecule has 0 radical (unpaired) electrons. The quantitative estimate of drug-likeness (QED) is 0.660. The summed E-state index contributed by atoms with van der Waals surface area (Å²) in [6.45, 7) is 0. The molecule has 0 saturated carbocycles. The lowest BCUT2D eigenvalue weighted by molar-refractivity contribution is 0.414. The molecule has 1 unspecified atom stereocenters. The normalized spacial score (nSPS) is 10.3. The Kier molecular flexibility index (Phi) is 4.09. The summed E-state index contributed by atoms with van der Waals surface area (Å²) in [5.74, 6) is 0.894. The first-order valence-corrected chi connectivity index (χ1v) is 6.42. The average molecular weight is 262 g/mol. The topological polar surface area (TPSA) is 9.23 Å². The first-order valence-electron chi connectivity index (χ1n) is 5.39. The second-order valence-corrected chi connectivity index (χ2v) is 5.06. The molecule has 88 valence electrons. The largest absolute Gasteiger partial charge is 0.497 e. The van der Waals surface area contributed by atoms with E-state index in [9.17, 15) is 0 Å². The molecule has 0 aliphatic carbocycles. The summed E-state index contributed by atoms with van der Waals surface area (Å²) in [6, 6.07) is 14.3. The smallest absolute Gasteiger partial charge is 0.119 e. The molecule has 2 aromatic rings. The van der Waals surface area contributed by atoms with Crippen LogP contribution in [0.2, 0.25) is 0 Å². The standard InChI is InChI=1S/C14H15OPS/c1-15-12-4-2-3-10(8-12)7-11-9-13(16)5-6-14(11)17/h2-6,8-9,17H,7,16H2,1H3. The van der Waals surface area contributed by atoms with Gasteiger partial charge in [0.1, 0.15) is 5.75 Å². The Hall–Kier alpha value is -0.980. The van der Waals surface area contributed by atoms with Crippen LogP contribution in [-0.2, 0) is 6.42 Å². The van der Waals surface area contributed by atoms with Crippen molar-refractivity contribution in [3.8, 4) is 5.75 Å². The van der Waals surface area contributed by atoms with Gasteiger partial charge in [-0.05, 0) is 41.1 Å². The van der Waals surface area contributed by atoms with Crippen LogP contribution in [0.1, 0.15) is 11.1 Å². The highest BCUT2D eigenvalue weighted by atomic mass is 32.1. The highest BCUT2D eigenvalue weighted by Crippen LogP contribution is 2.20. The predicted molar refractivity (Wildman–Crippen MR) is 78.8 cm³/mol. The van der Waals surface area contributed by atoms with Crippen molar-refractivity contribution in [1.29, 1.82) is 0 Å². The second-order valence-electron chi connectivity index (χ2n) is 3.92. The minimum atomic E-state index is 0.873. The zero-order valence-electron chi connectivity index (χ0n) is 9.68. The monoisotopic (exact) mass is 262 g/mol. The average Bonchev–Trinajstić information content (AvgIpc) is 2.34. The van der Waals surface area contributed by atoms with Crippen molar-refractivity contribution in [2.24, 2.45) is 0 Å². The fourth-order valence-corrected chi connectivity index (χ4v) is 2.26. The Morgan fingerprint density at radius 3 is 2.76 bits per heavy atom. The van der Waals surface area contributed by atoms with E-state index in [1.54, 1.807) is 7.11 Å². The molecule has 2 aromatic carbocycles. The Labute approximate surface area is 110 Å². The van der Waals surface area contributed by atoms with Gasteiger partial charge in [0.05, 0.1) is 7.11 Å². The number of rotatable bonds is 3. The molecule has 0 aliphatic heterocycles. The maximum Gasteiger partial charge on any atom is 0.119 e. The first kappa shape index (κ1) is 12.5. The Morgan fingerprint density at radius 2 is 2.00 bits per heavy atom. The Morgan fingerprint density at radius 1 is 1.18 bits per heavy atom. The summed E-state index contributed by atoms with van der Waals surface area (Å²) in [4.78, 5) is 1.03. The van der Waals surface area contributed by atoms with E-state index in [-0.39, 0.29) is 0 Å². The summed E-state index contributed by atoms with van der Waals surface area (Å²) in [6.07, 6.45) is 0.873. The molecule has 0 aromatic heterocycles. The summed E-state index contributed by atoms with van der Waals surface area (Å²) in [5, 5.41) is 1.18. The zero-order valence-corrected chi connectivity index (χ0v) is 11.7. The van der Waals surface area contributed by atoms with E-state index in [0.29, 0.717) is 0 Å². The number of hydrogen-bond acceptors (Lipinski definition) is 2. The van der Waals surface area contributed by atoms with E-state index in [2.05, 4.69) is 40.1 Å². The van der Waals surface area contributed by atoms with Crippen molar-refractivity contribution in [3.05, 3.63) is 53.6 Å². The fourth-order valence-electron chi connectivity index (χ4n) is 1.75. The van der Waals surface area contributed by atoms with Crippen molar-refractivity contribution in [1.82, 2.24) is 0 Å². The summed E-state index contributed by atoms with van der Waals surface area (Å²) < 4.78 is 5.22. The van der Waals surface area contributed by atoms with Gasteiger partial charge in [0.15, 0.2) is 0 Å². The number of thiol groups is 1. The van der Waals surface area contributed by atoms with Gasteiger partial charge in [-0.25, -0.2) is 0 Å². The summed E-state index contributed by atoms with van der Waals surface area (Å²) in [7, 11) is 4.40. The molecule has 17 heavy (non-hydrogen) atoms. The Bertz CT molecular complexity index is 525. The number of hydrogen-bond donors (Lipinski definition) is 1. The molecule has 2 rings (SSSR count). The second kappa shape index (κ2) is 5.57. The lowest BCUT2D eigenvalue weighted by atomic mass is 10.0. The van der Waals surface area contributed by atoms with Gasteiger partial charge >= 0.3 is 0 Å². The molecule has 0 saturated heterocycles. The van der Waals surface area contributed by atoms with E-state index < -0.39 is 0 Å². The van der Waals surface area contributed by atoms with Gasteiger partial charge in [0, 0.05) is 4.90 Å². The lowest BCUT2D eigenvalue weighted by Gasteiger charge is -2.08. The van der Waals surface area contributed by atoms with E-state index >= 15 is 0 Å². The van der Waals surface area contributed by atoms with Crippen molar-refractivity contribution in [2.75, 3.05) is 7.11 Å². The third kappa shape index (κ3) is 3.24. The molecule has 0 heterocycles. The lowest BCUT2D eigenvalue weighted by Crippen LogP contribution is -1.97. The third-order valence-electron chi connectivity index (χ3n) is 2.63. The zero-order chi connectivity index (χ0) is 12.3. The van der Waals surface area contributed by atoms with Crippen LogP contribution in [0.15, 0.2) is 47.4 Å². The molecule has 0 fully saturated rings. The maximum atomic E-state index is 5.22. The minimum absolute atomic E-state index is 0.873. The molecule has 1 nitrogen and oxygen atoms in total. The SMILES string of the molecule is COc1cccc(Cc2cc(P)ccc2S)c1. The molecular weight excluding hydrogens is 247 g/mol. The van der Waals surface area contributed by atoms with Crippen LogP contribution >= 0.6 is 21.9 Å². The van der Waals surface area contributed by atoms with Crippen LogP contribution in [0.3, 0.4) is 0 Å². The van der Waals surface area contributed by atoms with E-state index in [4.69, 9.17) is 4.74 Å². The third-order valence-corrected chi connectivity index (χ3v) is 3.43. The molecule has 0 amide bonds. The highest BCUT2D eigenvalue weighted by molar-refractivity contribution is 7.80. The minimum Gasteiger partial charge on any atom is -0.497 e. The molecule has 0 spiro atoms. The van der Waals surface area contributed by atoms with Crippen molar-refractivity contribution >= 4 is 27.2 Å². The molecule has 0 aliphatic rings. The molecule has 0 N–H and O–H groups in total.